The Morgan fingerprint density at radius 2 is 2.12 bits per heavy atom. The second-order valence-electron chi connectivity index (χ2n) is 5.34. The van der Waals surface area contributed by atoms with Crippen LogP contribution in [0.25, 0.3) is 0 Å². The Kier molecular flexibility index (Phi) is 4.86. The molecule has 0 aliphatic carbocycles. The molecule has 0 atom stereocenters. The molecule has 10 nitrogen and oxygen atoms in total. The number of H-pyrrole nitrogens is 1. The summed E-state index contributed by atoms with van der Waals surface area (Å²) in [5.74, 6) is -0.761. The molecule has 0 aliphatic rings. The molecule has 0 bridgehead atoms. The average molecular weight is 336 g/mol. The zero-order valence-corrected chi connectivity index (χ0v) is 14.3. The van der Waals surface area contributed by atoms with Crippen LogP contribution in [-0.4, -0.2) is 49.9 Å². The van der Waals surface area contributed by atoms with Crippen LogP contribution < -0.4 is 4.74 Å². The van der Waals surface area contributed by atoms with Crippen molar-refractivity contribution in [2.75, 3.05) is 14.2 Å². The molecule has 2 heterocycles. The number of aromatic nitrogens is 4. The number of rotatable bonds is 6. The van der Waals surface area contributed by atoms with Crippen LogP contribution in [0, 0.1) is 24.0 Å². The Morgan fingerprint density at radius 3 is 2.62 bits per heavy atom. The van der Waals surface area contributed by atoms with E-state index in [9.17, 15) is 14.9 Å². The number of hydrogen-bond donors (Lipinski definition) is 1. The number of nitrogens with one attached hydrogen (secondary N) is 1. The number of aromatic amines is 1. The van der Waals surface area contributed by atoms with E-state index < -0.39 is 16.5 Å². The Hall–Kier alpha value is -2.91. The topological polar surface area (TPSA) is 119 Å². The molecule has 1 amide bonds. The van der Waals surface area contributed by atoms with E-state index >= 15 is 0 Å². The minimum atomic E-state index is -0.685. The fraction of sp³-hybridized carbons (Fsp3) is 0.500. The first-order valence-corrected chi connectivity index (χ1v) is 7.36. The highest BCUT2D eigenvalue weighted by atomic mass is 16.6. The summed E-state index contributed by atoms with van der Waals surface area (Å²) >= 11 is 0. The van der Waals surface area contributed by atoms with Crippen molar-refractivity contribution in [1.29, 1.82) is 0 Å². The molecule has 10 heteroatoms. The maximum atomic E-state index is 12.6. The SMILES string of the molecule is CCn1nc(C)c(CN(C)C(=O)c2[nH]nc(OC)c2[N+](=O)[O-])c1C. The van der Waals surface area contributed by atoms with E-state index in [1.807, 2.05) is 25.5 Å². The number of nitrogens with zero attached hydrogens (tertiary/aromatic N) is 5. The molecule has 0 saturated carbocycles. The van der Waals surface area contributed by atoms with Gasteiger partial charge in [-0.1, -0.05) is 0 Å². The molecule has 2 aromatic rings. The fourth-order valence-electron chi connectivity index (χ4n) is 2.55. The highest BCUT2D eigenvalue weighted by Gasteiger charge is 2.32. The van der Waals surface area contributed by atoms with Crippen molar-refractivity contribution in [1.82, 2.24) is 24.9 Å². The van der Waals surface area contributed by atoms with Gasteiger partial charge in [0.2, 0.25) is 5.69 Å². The van der Waals surface area contributed by atoms with E-state index in [2.05, 4.69) is 15.3 Å². The summed E-state index contributed by atoms with van der Waals surface area (Å²) in [4.78, 5) is 24.5. The molecule has 1 N–H and O–H groups in total. The van der Waals surface area contributed by atoms with Crippen LogP contribution in [0.3, 0.4) is 0 Å². The van der Waals surface area contributed by atoms with Crippen LogP contribution in [-0.2, 0) is 13.1 Å². The number of carbonyl (C=O) groups is 1. The molecule has 0 spiro atoms. The van der Waals surface area contributed by atoms with Crippen LogP contribution in [0.15, 0.2) is 0 Å². The number of hydrogen-bond acceptors (Lipinski definition) is 6. The van der Waals surface area contributed by atoms with Crippen LogP contribution in [0.5, 0.6) is 5.88 Å². The number of methoxy groups -OCH3 is 1. The van der Waals surface area contributed by atoms with Crippen molar-refractivity contribution in [2.45, 2.75) is 33.9 Å². The number of aryl methyl sites for hydroxylation is 2. The quantitative estimate of drug-likeness (QED) is 0.629. The molecule has 24 heavy (non-hydrogen) atoms. The third-order valence-electron chi connectivity index (χ3n) is 3.87. The number of ether oxygens (including phenoxy) is 1. The molecule has 0 fully saturated rings. The lowest BCUT2D eigenvalue weighted by Gasteiger charge is -2.16. The maximum Gasteiger partial charge on any atom is 0.362 e. The number of nitro groups is 1. The minimum absolute atomic E-state index is 0.211. The Bertz CT molecular complexity index is 779. The maximum absolute atomic E-state index is 12.6. The first kappa shape index (κ1) is 17.4. The molecule has 0 radical (unpaired) electrons. The van der Waals surface area contributed by atoms with Gasteiger partial charge in [-0.2, -0.15) is 5.10 Å². The second-order valence-corrected chi connectivity index (χ2v) is 5.34. The lowest BCUT2D eigenvalue weighted by molar-refractivity contribution is -0.386. The van der Waals surface area contributed by atoms with Gasteiger partial charge < -0.3 is 9.64 Å². The summed E-state index contributed by atoms with van der Waals surface area (Å²) < 4.78 is 6.68. The standard InChI is InChI=1S/C14H20N6O4/c1-6-19-9(3)10(8(2)17-19)7-18(4)14(21)11-12(20(22)23)13(24-5)16-15-11/h6-7H2,1-5H3,(H,15,16). The van der Waals surface area contributed by atoms with E-state index in [0.717, 1.165) is 23.5 Å². The Morgan fingerprint density at radius 1 is 1.46 bits per heavy atom. The molecule has 2 rings (SSSR count). The summed E-state index contributed by atoms with van der Waals surface area (Å²) in [5, 5.41) is 21.6. The summed E-state index contributed by atoms with van der Waals surface area (Å²) in [6.07, 6.45) is 0. The monoisotopic (exact) mass is 336 g/mol. The zero-order valence-electron chi connectivity index (χ0n) is 14.3. The van der Waals surface area contributed by atoms with Gasteiger partial charge in [-0.3, -0.25) is 24.7 Å². The van der Waals surface area contributed by atoms with Crippen molar-refractivity contribution >= 4 is 11.6 Å². The third-order valence-corrected chi connectivity index (χ3v) is 3.87. The predicted molar refractivity (Wildman–Crippen MR) is 85.0 cm³/mol. The third kappa shape index (κ3) is 2.94. The van der Waals surface area contributed by atoms with E-state index in [0.29, 0.717) is 0 Å². The lowest BCUT2D eigenvalue weighted by atomic mass is 10.2. The summed E-state index contributed by atoms with van der Waals surface area (Å²) in [5.41, 5.74) is 2.03. The summed E-state index contributed by atoms with van der Waals surface area (Å²) in [6, 6.07) is 0. The summed E-state index contributed by atoms with van der Waals surface area (Å²) in [7, 11) is 2.83. The van der Waals surface area contributed by atoms with E-state index in [1.165, 1.54) is 12.0 Å². The van der Waals surface area contributed by atoms with Crippen LogP contribution in [0.2, 0.25) is 0 Å². The first-order chi connectivity index (χ1) is 11.3. The van der Waals surface area contributed by atoms with Gasteiger partial charge in [0.15, 0.2) is 0 Å². The molecule has 0 aromatic carbocycles. The van der Waals surface area contributed by atoms with Crippen molar-refractivity contribution in [3.8, 4) is 5.88 Å². The highest BCUT2D eigenvalue weighted by molar-refractivity contribution is 5.96. The largest absolute Gasteiger partial charge is 0.475 e. The second kappa shape index (κ2) is 6.69. The van der Waals surface area contributed by atoms with Crippen LogP contribution in [0.4, 0.5) is 5.69 Å². The van der Waals surface area contributed by atoms with Gasteiger partial charge >= 0.3 is 11.6 Å². The first-order valence-electron chi connectivity index (χ1n) is 7.36. The number of amides is 1. The van der Waals surface area contributed by atoms with Gasteiger partial charge in [-0.15, -0.1) is 5.10 Å². The lowest BCUT2D eigenvalue weighted by Crippen LogP contribution is -2.27. The normalized spacial score (nSPS) is 10.7. The van der Waals surface area contributed by atoms with Crippen molar-refractivity contribution in [3.63, 3.8) is 0 Å². The molecule has 0 aliphatic heterocycles. The van der Waals surface area contributed by atoms with Gasteiger partial charge in [-0.05, 0) is 20.8 Å². The van der Waals surface area contributed by atoms with Crippen LogP contribution in [0.1, 0.15) is 34.4 Å². The zero-order chi connectivity index (χ0) is 18.0. The van der Waals surface area contributed by atoms with Crippen LogP contribution >= 0.6 is 0 Å². The van der Waals surface area contributed by atoms with Gasteiger partial charge in [0.25, 0.3) is 5.91 Å². The Balaban J connectivity index is 2.30. The predicted octanol–water partition coefficient (Wildman–Crippen LogP) is 1.43. The van der Waals surface area contributed by atoms with Gasteiger partial charge in [0.1, 0.15) is 0 Å². The fourth-order valence-corrected chi connectivity index (χ4v) is 2.55. The van der Waals surface area contributed by atoms with Gasteiger partial charge in [0, 0.05) is 31.4 Å². The molecular weight excluding hydrogens is 316 g/mol. The van der Waals surface area contributed by atoms with Crippen molar-refractivity contribution < 1.29 is 14.5 Å². The molecule has 0 saturated heterocycles. The molecule has 0 unspecified atom stereocenters. The van der Waals surface area contributed by atoms with Crippen molar-refractivity contribution in [2.24, 2.45) is 0 Å². The molecule has 130 valence electrons. The highest BCUT2D eigenvalue weighted by Crippen LogP contribution is 2.29. The van der Waals surface area contributed by atoms with E-state index in [1.54, 1.807) is 7.05 Å². The summed E-state index contributed by atoms with van der Waals surface area (Å²) in [6.45, 7) is 6.80. The molecular formula is C14H20N6O4. The smallest absolute Gasteiger partial charge is 0.362 e. The van der Waals surface area contributed by atoms with Crippen molar-refractivity contribution in [3.05, 3.63) is 32.8 Å². The van der Waals surface area contributed by atoms with Gasteiger partial charge in [0.05, 0.1) is 17.7 Å². The van der Waals surface area contributed by atoms with E-state index in [-0.39, 0.29) is 18.1 Å². The number of carbonyl (C=O) groups excluding carboxylic acids is 1. The minimum Gasteiger partial charge on any atom is -0.475 e. The Labute approximate surface area is 138 Å². The van der Waals surface area contributed by atoms with E-state index in [4.69, 9.17) is 4.74 Å². The van der Waals surface area contributed by atoms with Gasteiger partial charge in [-0.25, -0.2) is 0 Å². The average Bonchev–Trinajstić information content (AvgIpc) is 3.09. The molecule has 2 aromatic heterocycles.